The molecule has 1 aromatic rings. The molecule has 0 aliphatic carbocycles. The first-order chi connectivity index (χ1) is 16.0. The molecule has 2 N–H and O–H groups in total. The number of amides is 4. The molecule has 4 aliphatic heterocycles. The first kappa shape index (κ1) is 22.0. The molecule has 5 rings (SSSR count). The fraction of sp³-hybridized carbons (Fsp3) is 0.583. The van der Waals surface area contributed by atoms with Crippen molar-refractivity contribution in [2.45, 2.75) is 44.8 Å². The number of hydrogen-bond donors (Lipinski definition) is 2. The van der Waals surface area contributed by atoms with Crippen LogP contribution >= 0.6 is 0 Å². The topological polar surface area (TPSA) is 102 Å². The monoisotopic (exact) mass is 453 g/mol. The summed E-state index contributed by atoms with van der Waals surface area (Å²) >= 11 is 0. The van der Waals surface area contributed by atoms with Gasteiger partial charge in [0, 0.05) is 57.2 Å². The largest absolute Gasteiger partial charge is 0.340 e. The van der Waals surface area contributed by atoms with E-state index in [1.165, 1.54) is 0 Å². The number of carbonyl (C=O) groups is 4. The fourth-order valence-corrected chi connectivity index (χ4v) is 5.52. The Morgan fingerprint density at radius 2 is 1.76 bits per heavy atom. The summed E-state index contributed by atoms with van der Waals surface area (Å²) in [5.41, 5.74) is 2.73. The predicted octanol–water partition coefficient (Wildman–Crippen LogP) is 0.0914. The molecule has 9 heteroatoms. The number of hydrogen-bond acceptors (Lipinski definition) is 6. The number of nitrogens with one attached hydrogen (secondary N) is 2. The lowest BCUT2D eigenvalue weighted by atomic mass is 9.94. The highest BCUT2D eigenvalue weighted by atomic mass is 16.2. The standard InChI is InChI=1S/C24H31N5O4/c30-21-5-4-20(22(31)26-21)29-15-19-17(2-1-3-18(19)24(29)33)14-27-10-6-16(7-11-27)23(32)28-12-8-25-9-13-28/h1-3,16,20,25H,4-15H2,(H,26,30,31). The van der Waals surface area contributed by atoms with Crippen LogP contribution in [0, 0.1) is 5.92 Å². The summed E-state index contributed by atoms with van der Waals surface area (Å²) in [6.45, 7) is 6.19. The van der Waals surface area contributed by atoms with E-state index in [9.17, 15) is 19.2 Å². The average molecular weight is 454 g/mol. The Morgan fingerprint density at radius 1 is 1.00 bits per heavy atom. The molecule has 0 spiro atoms. The van der Waals surface area contributed by atoms with Gasteiger partial charge in [0.1, 0.15) is 6.04 Å². The van der Waals surface area contributed by atoms with Crippen LogP contribution in [0.1, 0.15) is 47.2 Å². The molecule has 1 aromatic carbocycles. The Balaban J connectivity index is 1.21. The predicted molar refractivity (Wildman–Crippen MR) is 120 cm³/mol. The number of nitrogens with zero attached hydrogens (tertiary/aromatic N) is 3. The summed E-state index contributed by atoms with van der Waals surface area (Å²) in [5, 5.41) is 5.65. The van der Waals surface area contributed by atoms with Crippen LogP contribution in [-0.4, -0.2) is 83.6 Å². The van der Waals surface area contributed by atoms with Crippen molar-refractivity contribution in [3.05, 3.63) is 34.9 Å². The Morgan fingerprint density at radius 3 is 2.48 bits per heavy atom. The van der Waals surface area contributed by atoms with Crippen LogP contribution in [0.15, 0.2) is 18.2 Å². The van der Waals surface area contributed by atoms with Gasteiger partial charge in [0.2, 0.25) is 17.7 Å². The Kier molecular flexibility index (Phi) is 6.16. The van der Waals surface area contributed by atoms with Crippen molar-refractivity contribution in [3.63, 3.8) is 0 Å². The van der Waals surface area contributed by atoms with Crippen molar-refractivity contribution in [2.75, 3.05) is 39.3 Å². The molecule has 0 radical (unpaired) electrons. The van der Waals surface area contributed by atoms with E-state index in [4.69, 9.17) is 0 Å². The molecular weight excluding hydrogens is 422 g/mol. The maximum atomic E-state index is 13.0. The van der Waals surface area contributed by atoms with Gasteiger partial charge in [-0.1, -0.05) is 12.1 Å². The first-order valence-electron chi connectivity index (χ1n) is 12.0. The zero-order chi connectivity index (χ0) is 22.9. The van der Waals surface area contributed by atoms with Crippen LogP contribution in [0.3, 0.4) is 0 Å². The zero-order valence-corrected chi connectivity index (χ0v) is 18.8. The highest BCUT2D eigenvalue weighted by Gasteiger charge is 2.40. The SMILES string of the molecule is O=C1CCC(N2Cc3c(CN4CCC(C(=O)N5CCNCC5)CC4)cccc3C2=O)C(=O)N1. The molecule has 33 heavy (non-hydrogen) atoms. The quantitative estimate of drug-likeness (QED) is 0.627. The summed E-state index contributed by atoms with van der Waals surface area (Å²) in [4.78, 5) is 55.6. The molecule has 9 nitrogen and oxygen atoms in total. The van der Waals surface area contributed by atoms with Gasteiger partial charge >= 0.3 is 0 Å². The van der Waals surface area contributed by atoms with Crippen LogP contribution in [0.2, 0.25) is 0 Å². The second kappa shape index (κ2) is 9.23. The molecule has 0 saturated carbocycles. The number of benzene rings is 1. The third-order valence-corrected chi connectivity index (χ3v) is 7.44. The van der Waals surface area contributed by atoms with Gasteiger partial charge in [-0.25, -0.2) is 0 Å². The molecule has 176 valence electrons. The van der Waals surface area contributed by atoms with Gasteiger partial charge in [-0.05, 0) is 49.5 Å². The average Bonchev–Trinajstić information content (AvgIpc) is 3.17. The molecule has 1 atom stereocenters. The number of fused-ring (bicyclic) bond motifs is 1. The van der Waals surface area contributed by atoms with E-state index in [1.807, 2.05) is 17.0 Å². The van der Waals surface area contributed by atoms with Crippen LogP contribution in [0.25, 0.3) is 0 Å². The number of piperazine rings is 1. The van der Waals surface area contributed by atoms with E-state index in [-0.39, 0.29) is 30.1 Å². The molecular formula is C24H31N5O4. The normalized spacial score (nSPS) is 24.7. The molecule has 4 amide bonds. The van der Waals surface area contributed by atoms with Gasteiger partial charge < -0.3 is 15.1 Å². The molecule has 4 aliphatic rings. The molecule has 3 fully saturated rings. The summed E-state index contributed by atoms with van der Waals surface area (Å²) < 4.78 is 0. The minimum Gasteiger partial charge on any atom is -0.340 e. The second-order valence-electron chi connectivity index (χ2n) is 9.47. The van der Waals surface area contributed by atoms with E-state index in [0.717, 1.165) is 69.8 Å². The lowest BCUT2D eigenvalue weighted by Gasteiger charge is -2.36. The molecule has 0 bridgehead atoms. The molecule has 0 aromatic heterocycles. The lowest BCUT2D eigenvalue weighted by molar-refractivity contribution is -0.138. The minimum atomic E-state index is -0.595. The van der Waals surface area contributed by atoms with Gasteiger partial charge in [0.05, 0.1) is 0 Å². The Labute approximate surface area is 193 Å². The highest BCUT2D eigenvalue weighted by molar-refractivity contribution is 6.05. The zero-order valence-electron chi connectivity index (χ0n) is 18.8. The van der Waals surface area contributed by atoms with Gasteiger partial charge in [0.15, 0.2) is 0 Å². The second-order valence-corrected chi connectivity index (χ2v) is 9.47. The van der Waals surface area contributed by atoms with Crippen molar-refractivity contribution in [2.24, 2.45) is 5.92 Å². The third-order valence-electron chi connectivity index (χ3n) is 7.44. The van der Waals surface area contributed by atoms with Crippen molar-refractivity contribution in [1.29, 1.82) is 0 Å². The maximum Gasteiger partial charge on any atom is 0.255 e. The number of carbonyl (C=O) groups excluding carboxylic acids is 4. The van der Waals surface area contributed by atoms with Crippen LogP contribution in [0.4, 0.5) is 0 Å². The number of imide groups is 1. The lowest BCUT2D eigenvalue weighted by Crippen LogP contribution is -2.52. The van der Waals surface area contributed by atoms with E-state index in [1.54, 1.807) is 4.90 Å². The van der Waals surface area contributed by atoms with E-state index < -0.39 is 6.04 Å². The molecule has 3 saturated heterocycles. The smallest absolute Gasteiger partial charge is 0.255 e. The van der Waals surface area contributed by atoms with Crippen molar-refractivity contribution in [3.8, 4) is 0 Å². The van der Waals surface area contributed by atoms with Crippen LogP contribution < -0.4 is 10.6 Å². The Hall–Kier alpha value is -2.78. The summed E-state index contributed by atoms with van der Waals surface area (Å²) in [6, 6.07) is 5.19. The summed E-state index contributed by atoms with van der Waals surface area (Å²) in [5.74, 6) is -0.403. The maximum absolute atomic E-state index is 13.0. The van der Waals surface area contributed by atoms with Gasteiger partial charge in [-0.15, -0.1) is 0 Å². The van der Waals surface area contributed by atoms with Gasteiger partial charge in [-0.3, -0.25) is 29.4 Å². The summed E-state index contributed by atoms with van der Waals surface area (Å²) in [7, 11) is 0. The van der Waals surface area contributed by atoms with E-state index in [2.05, 4.69) is 21.6 Å². The number of piperidine rings is 2. The highest BCUT2D eigenvalue weighted by Crippen LogP contribution is 2.31. The molecule has 4 heterocycles. The fourth-order valence-electron chi connectivity index (χ4n) is 5.52. The first-order valence-corrected chi connectivity index (χ1v) is 12.0. The third kappa shape index (κ3) is 4.39. The van der Waals surface area contributed by atoms with Crippen molar-refractivity contribution in [1.82, 2.24) is 25.3 Å². The van der Waals surface area contributed by atoms with E-state index >= 15 is 0 Å². The van der Waals surface area contributed by atoms with E-state index in [0.29, 0.717) is 24.4 Å². The van der Waals surface area contributed by atoms with Crippen LogP contribution in [-0.2, 0) is 27.5 Å². The van der Waals surface area contributed by atoms with Crippen molar-refractivity contribution >= 4 is 23.6 Å². The van der Waals surface area contributed by atoms with Gasteiger partial charge in [-0.2, -0.15) is 0 Å². The Bertz CT molecular complexity index is 966. The van der Waals surface area contributed by atoms with Crippen molar-refractivity contribution < 1.29 is 19.2 Å². The summed E-state index contributed by atoms with van der Waals surface area (Å²) in [6.07, 6.45) is 2.34. The van der Waals surface area contributed by atoms with Crippen LogP contribution in [0.5, 0.6) is 0 Å². The number of likely N-dealkylation sites (tertiary alicyclic amines) is 1. The van der Waals surface area contributed by atoms with Gasteiger partial charge in [0.25, 0.3) is 5.91 Å². The number of rotatable bonds is 4. The molecule has 1 unspecified atom stereocenters. The minimum absolute atomic E-state index is 0.102.